The third-order valence-corrected chi connectivity index (χ3v) is 3.21. The molecule has 0 spiro atoms. The molecule has 0 aliphatic carbocycles. The predicted molar refractivity (Wildman–Crippen MR) is 72.3 cm³/mol. The fourth-order valence-electron chi connectivity index (χ4n) is 2.17. The van der Waals surface area contributed by atoms with E-state index in [9.17, 15) is 4.79 Å². The zero-order chi connectivity index (χ0) is 12.6. The summed E-state index contributed by atoms with van der Waals surface area (Å²) in [5.74, 6) is -0.0447. The Labute approximate surface area is 109 Å². The number of rotatable bonds is 3. The second kappa shape index (κ2) is 7.00. The summed E-state index contributed by atoms with van der Waals surface area (Å²) in [6, 6.07) is 10.3. The van der Waals surface area contributed by atoms with Crippen molar-refractivity contribution in [1.82, 2.24) is 0 Å². The third-order valence-electron chi connectivity index (χ3n) is 3.21. The molecule has 1 atom stereocenters. The summed E-state index contributed by atoms with van der Waals surface area (Å²) in [4.78, 5) is 11.6. The van der Waals surface area contributed by atoms with Gasteiger partial charge in [0.25, 0.3) is 0 Å². The Bertz CT molecular complexity index is 395. The van der Waals surface area contributed by atoms with E-state index >= 15 is 0 Å². The zero-order valence-electron chi connectivity index (χ0n) is 10.7. The maximum absolute atomic E-state index is 11.6. The lowest BCUT2D eigenvalue weighted by Gasteiger charge is -2.15. The van der Waals surface area contributed by atoms with Gasteiger partial charge in [-0.3, -0.25) is 4.79 Å². The van der Waals surface area contributed by atoms with Gasteiger partial charge in [-0.1, -0.05) is 42.5 Å². The van der Waals surface area contributed by atoms with E-state index in [1.807, 2.05) is 18.2 Å². The first-order chi connectivity index (χ1) is 8.84. The van der Waals surface area contributed by atoms with E-state index in [0.717, 1.165) is 32.1 Å². The van der Waals surface area contributed by atoms with Gasteiger partial charge in [0.2, 0.25) is 0 Å². The van der Waals surface area contributed by atoms with E-state index in [2.05, 4.69) is 24.3 Å². The summed E-state index contributed by atoms with van der Waals surface area (Å²) in [7, 11) is 0. The zero-order valence-corrected chi connectivity index (χ0v) is 10.7. The van der Waals surface area contributed by atoms with Crippen molar-refractivity contribution in [3.63, 3.8) is 0 Å². The number of hydrogen-bond acceptors (Lipinski definition) is 2. The van der Waals surface area contributed by atoms with E-state index in [0.29, 0.717) is 6.42 Å². The number of aryl methyl sites for hydroxylation is 1. The topological polar surface area (TPSA) is 26.3 Å². The van der Waals surface area contributed by atoms with Gasteiger partial charge < -0.3 is 4.74 Å². The second-order valence-corrected chi connectivity index (χ2v) is 4.74. The molecule has 0 bridgehead atoms. The van der Waals surface area contributed by atoms with Crippen LogP contribution >= 0.6 is 0 Å². The highest BCUT2D eigenvalue weighted by Crippen LogP contribution is 2.14. The van der Waals surface area contributed by atoms with Crippen molar-refractivity contribution in [2.45, 2.75) is 44.6 Å². The first-order valence-electron chi connectivity index (χ1n) is 6.73. The maximum atomic E-state index is 11.6. The van der Waals surface area contributed by atoms with Gasteiger partial charge in [0.05, 0.1) is 0 Å². The van der Waals surface area contributed by atoms with E-state index in [1.54, 1.807) is 0 Å². The second-order valence-electron chi connectivity index (χ2n) is 4.74. The van der Waals surface area contributed by atoms with Crippen LogP contribution in [0.3, 0.4) is 0 Å². The summed E-state index contributed by atoms with van der Waals surface area (Å²) in [6.07, 6.45) is 9.50. The standard InChI is InChI=1S/C16H20O2/c17-16-11-7-2-1-6-10-15(18-16)13-12-14-8-4-3-5-9-14/h1,3-6,8-9,15H,2,7,10-13H2/b6-1-. The molecule has 0 aromatic heterocycles. The Morgan fingerprint density at radius 1 is 1.17 bits per heavy atom. The molecule has 1 aromatic rings. The highest BCUT2D eigenvalue weighted by Gasteiger charge is 2.14. The average Bonchev–Trinajstić information content (AvgIpc) is 2.50. The van der Waals surface area contributed by atoms with Gasteiger partial charge in [0.1, 0.15) is 6.10 Å². The minimum absolute atomic E-state index is 0.0343. The molecule has 1 aromatic carbocycles. The minimum Gasteiger partial charge on any atom is -0.462 e. The van der Waals surface area contributed by atoms with Crippen molar-refractivity contribution in [1.29, 1.82) is 0 Å². The third kappa shape index (κ3) is 4.36. The Morgan fingerprint density at radius 3 is 2.83 bits per heavy atom. The van der Waals surface area contributed by atoms with Crippen molar-refractivity contribution in [2.24, 2.45) is 0 Å². The molecule has 96 valence electrons. The molecule has 0 fully saturated rings. The molecule has 2 nitrogen and oxygen atoms in total. The normalized spacial score (nSPS) is 22.4. The molecular formula is C16H20O2. The lowest BCUT2D eigenvalue weighted by molar-refractivity contribution is -0.149. The van der Waals surface area contributed by atoms with Gasteiger partial charge in [-0.05, 0) is 31.2 Å². The van der Waals surface area contributed by atoms with E-state index in [1.165, 1.54) is 5.56 Å². The predicted octanol–water partition coefficient (Wildman–Crippen LogP) is 3.66. The molecule has 1 aliphatic heterocycles. The van der Waals surface area contributed by atoms with Crippen LogP contribution in [0.5, 0.6) is 0 Å². The summed E-state index contributed by atoms with van der Waals surface area (Å²) in [5.41, 5.74) is 1.30. The smallest absolute Gasteiger partial charge is 0.306 e. The molecule has 2 heteroatoms. The number of allylic oxidation sites excluding steroid dienone is 1. The highest BCUT2D eigenvalue weighted by atomic mass is 16.5. The molecule has 0 saturated heterocycles. The molecule has 2 rings (SSSR count). The van der Waals surface area contributed by atoms with E-state index in [-0.39, 0.29) is 12.1 Å². The van der Waals surface area contributed by atoms with Crippen LogP contribution in [0.4, 0.5) is 0 Å². The van der Waals surface area contributed by atoms with Gasteiger partial charge in [-0.25, -0.2) is 0 Å². The monoisotopic (exact) mass is 244 g/mol. The maximum Gasteiger partial charge on any atom is 0.306 e. The fourth-order valence-corrected chi connectivity index (χ4v) is 2.17. The van der Waals surface area contributed by atoms with Crippen molar-refractivity contribution >= 4 is 5.97 Å². The number of carbonyl (C=O) groups is 1. The number of carbonyl (C=O) groups excluding carboxylic acids is 1. The summed E-state index contributed by atoms with van der Waals surface area (Å²) in [5, 5.41) is 0. The van der Waals surface area contributed by atoms with Crippen LogP contribution in [-0.2, 0) is 16.0 Å². The SMILES string of the molecule is O=C1CCC/C=C\CC(CCc2ccccc2)O1. The average molecular weight is 244 g/mol. The molecule has 0 N–H and O–H groups in total. The first-order valence-corrected chi connectivity index (χ1v) is 6.73. The minimum atomic E-state index is -0.0447. The van der Waals surface area contributed by atoms with Crippen LogP contribution in [0.2, 0.25) is 0 Å². The lowest BCUT2D eigenvalue weighted by atomic mass is 10.0. The van der Waals surface area contributed by atoms with E-state index < -0.39 is 0 Å². The fraction of sp³-hybridized carbons (Fsp3) is 0.438. The van der Waals surface area contributed by atoms with Gasteiger partial charge in [-0.2, -0.15) is 0 Å². The van der Waals surface area contributed by atoms with Crippen LogP contribution in [0.15, 0.2) is 42.5 Å². The lowest BCUT2D eigenvalue weighted by Crippen LogP contribution is -2.18. The quantitative estimate of drug-likeness (QED) is 0.599. The molecule has 1 aliphatic rings. The van der Waals surface area contributed by atoms with Crippen LogP contribution < -0.4 is 0 Å². The van der Waals surface area contributed by atoms with Crippen LogP contribution in [0, 0.1) is 0 Å². The Balaban J connectivity index is 1.87. The van der Waals surface area contributed by atoms with Crippen LogP contribution in [-0.4, -0.2) is 12.1 Å². The molecule has 0 radical (unpaired) electrons. The first kappa shape index (κ1) is 12.9. The summed E-state index contributed by atoms with van der Waals surface area (Å²) < 4.78 is 5.50. The summed E-state index contributed by atoms with van der Waals surface area (Å²) in [6.45, 7) is 0. The number of hydrogen-bond donors (Lipinski definition) is 0. The van der Waals surface area contributed by atoms with Crippen molar-refractivity contribution in [2.75, 3.05) is 0 Å². The van der Waals surface area contributed by atoms with E-state index in [4.69, 9.17) is 4.74 Å². The largest absolute Gasteiger partial charge is 0.462 e. The number of esters is 1. The van der Waals surface area contributed by atoms with Gasteiger partial charge in [-0.15, -0.1) is 0 Å². The molecule has 1 unspecified atom stereocenters. The van der Waals surface area contributed by atoms with Crippen molar-refractivity contribution in [3.8, 4) is 0 Å². The highest BCUT2D eigenvalue weighted by molar-refractivity contribution is 5.69. The molecule has 0 saturated carbocycles. The number of benzene rings is 1. The molecular weight excluding hydrogens is 224 g/mol. The number of ether oxygens (including phenoxy) is 1. The summed E-state index contributed by atoms with van der Waals surface area (Å²) >= 11 is 0. The molecule has 1 heterocycles. The Morgan fingerprint density at radius 2 is 2.00 bits per heavy atom. The molecule has 18 heavy (non-hydrogen) atoms. The van der Waals surface area contributed by atoms with Gasteiger partial charge >= 0.3 is 5.97 Å². The number of cyclic esters (lactones) is 1. The van der Waals surface area contributed by atoms with Crippen molar-refractivity contribution < 1.29 is 9.53 Å². The van der Waals surface area contributed by atoms with Crippen LogP contribution in [0.25, 0.3) is 0 Å². The Kier molecular flexibility index (Phi) is 5.00. The Hall–Kier alpha value is -1.57. The van der Waals surface area contributed by atoms with Gasteiger partial charge in [0.15, 0.2) is 0 Å². The van der Waals surface area contributed by atoms with Crippen molar-refractivity contribution in [3.05, 3.63) is 48.0 Å². The molecule has 0 amide bonds. The van der Waals surface area contributed by atoms with Gasteiger partial charge in [0, 0.05) is 12.8 Å². The van der Waals surface area contributed by atoms with Crippen LogP contribution in [0.1, 0.15) is 37.7 Å².